The minimum Gasteiger partial charge on any atom is -0.496 e. The minimum absolute atomic E-state index is 0.0939. The van der Waals surface area contributed by atoms with Crippen molar-refractivity contribution in [1.82, 2.24) is 0 Å². The van der Waals surface area contributed by atoms with E-state index in [4.69, 9.17) is 14.9 Å². The number of ether oxygens (including phenoxy) is 1. The van der Waals surface area contributed by atoms with Gasteiger partial charge in [0.25, 0.3) is 10.0 Å². The molecule has 21 heavy (non-hydrogen) atoms. The molecule has 0 aliphatic heterocycles. The van der Waals surface area contributed by atoms with Gasteiger partial charge >= 0.3 is 0 Å². The molecular formula is C14H18N2O4S. The number of rotatable bonds is 5. The van der Waals surface area contributed by atoms with Crippen LogP contribution in [-0.4, -0.2) is 15.5 Å². The van der Waals surface area contributed by atoms with Crippen molar-refractivity contribution in [1.29, 1.82) is 0 Å². The first kappa shape index (κ1) is 15.4. The van der Waals surface area contributed by atoms with Crippen molar-refractivity contribution < 1.29 is 17.6 Å². The molecular weight excluding hydrogens is 292 g/mol. The van der Waals surface area contributed by atoms with Gasteiger partial charge in [-0.15, -0.1) is 0 Å². The molecule has 2 rings (SSSR count). The van der Waals surface area contributed by atoms with E-state index in [0.29, 0.717) is 23.0 Å². The zero-order valence-corrected chi connectivity index (χ0v) is 13.0. The molecule has 0 saturated carbocycles. The number of sulfonamides is 1. The van der Waals surface area contributed by atoms with E-state index in [1.807, 2.05) is 6.92 Å². The minimum atomic E-state index is -3.71. The quantitative estimate of drug-likeness (QED) is 0.882. The summed E-state index contributed by atoms with van der Waals surface area (Å²) in [5.41, 5.74) is 6.76. The third kappa shape index (κ3) is 3.20. The maximum atomic E-state index is 12.4. The van der Waals surface area contributed by atoms with Crippen LogP contribution in [0.15, 0.2) is 33.6 Å². The van der Waals surface area contributed by atoms with Crippen molar-refractivity contribution in [3.05, 3.63) is 41.3 Å². The van der Waals surface area contributed by atoms with E-state index in [-0.39, 0.29) is 11.4 Å². The summed E-state index contributed by atoms with van der Waals surface area (Å²) in [6.07, 6.45) is 0. The monoisotopic (exact) mass is 310 g/mol. The summed E-state index contributed by atoms with van der Waals surface area (Å²) >= 11 is 0. The van der Waals surface area contributed by atoms with E-state index in [2.05, 4.69) is 4.72 Å². The third-order valence-corrected chi connectivity index (χ3v) is 4.55. The molecule has 114 valence electrons. The predicted octanol–water partition coefficient (Wildman–Crippen LogP) is 2.16. The molecule has 0 amide bonds. The number of anilines is 1. The number of nitrogens with one attached hydrogen (secondary N) is 1. The number of nitrogens with two attached hydrogens (primary N) is 1. The lowest BCUT2D eigenvalue weighted by Crippen LogP contribution is -2.13. The summed E-state index contributed by atoms with van der Waals surface area (Å²) < 4.78 is 37.7. The molecule has 0 atom stereocenters. The van der Waals surface area contributed by atoms with E-state index < -0.39 is 10.0 Å². The maximum Gasteiger partial charge on any atom is 0.265 e. The number of aryl methyl sites for hydroxylation is 2. The number of benzene rings is 1. The van der Waals surface area contributed by atoms with Gasteiger partial charge in [0, 0.05) is 11.8 Å². The van der Waals surface area contributed by atoms with Crippen LogP contribution in [0.25, 0.3) is 0 Å². The second kappa shape index (κ2) is 5.79. The van der Waals surface area contributed by atoms with Crippen molar-refractivity contribution in [2.24, 2.45) is 5.73 Å². The van der Waals surface area contributed by atoms with E-state index in [1.165, 1.54) is 6.07 Å². The first-order valence-electron chi connectivity index (χ1n) is 6.34. The van der Waals surface area contributed by atoms with Crippen LogP contribution in [0, 0.1) is 13.8 Å². The molecule has 2 aromatic rings. The highest BCUT2D eigenvalue weighted by atomic mass is 32.2. The molecule has 7 heteroatoms. The molecule has 0 bridgehead atoms. The largest absolute Gasteiger partial charge is 0.496 e. The molecule has 0 aliphatic rings. The summed E-state index contributed by atoms with van der Waals surface area (Å²) in [4.78, 5) is 0.0939. The molecule has 6 nitrogen and oxygen atoms in total. The first-order valence-corrected chi connectivity index (χ1v) is 7.82. The van der Waals surface area contributed by atoms with Gasteiger partial charge < -0.3 is 14.9 Å². The van der Waals surface area contributed by atoms with Crippen LogP contribution < -0.4 is 15.2 Å². The normalized spacial score (nSPS) is 11.4. The first-order chi connectivity index (χ1) is 9.87. The van der Waals surface area contributed by atoms with Gasteiger partial charge in [-0.1, -0.05) is 0 Å². The fourth-order valence-electron chi connectivity index (χ4n) is 2.04. The summed E-state index contributed by atoms with van der Waals surface area (Å²) in [5.74, 6) is 1.44. The number of hydrogen-bond acceptors (Lipinski definition) is 5. The van der Waals surface area contributed by atoms with Gasteiger partial charge in [-0.2, -0.15) is 0 Å². The van der Waals surface area contributed by atoms with Gasteiger partial charge in [-0.3, -0.25) is 4.72 Å². The van der Waals surface area contributed by atoms with Gasteiger partial charge in [0.2, 0.25) is 0 Å². The van der Waals surface area contributed by atoms with Gasteiger partial charge in [0.05, 0.1) is 13.7 Å². The van der Waals surface area contributed by atoms with Crippen LogP contribution in [0.2, 0.25) is 0 Å². The smallest absolute Gasteiger partial charge is 0.265 e. The lowest BCUT2D eigenvalue weighted by Gasteiger charge is -2.10. The molecule has 0 saturated heterocycles. The van der Waals surface area contributed by atoms with E-state index in [0.717, 1.165) is 5.56 Å². The zero-order chi connectivity index (χ0) is 15.6. The van der Waals surface area contributed by atoms with Crippen LogP contribution in [0.1, 0.15) is 17.1 Å². The molecule has 0 fully saturated rings. The Kier molecular flexibility index (Phi) is 4.24. The second-order valence-electron chi connectivity index (χ2n) is 4.63. The Morgan fingerprint density at radius 3 is 2.52 bits per heavy atom. The molecule has 0 aliphatic carbocycles. The SMILES string of the molecule is COc1ccc(NS(=O)(=O)c2cc(CN)oc2C)cc1C. The topological polar surface area (TPSA) is 94.6 Å². The lowest BCUT2D eigenvalue weighted by atomic mass is 10.2. The Morgan fingerprint density at radius 1 is 1.29 bits per heavy atom. The highest BCUT2D eigenvalue weighted by molar-refractivity contribution is 7.92. The predicted molar refractivity (Wildman–Crippen MR) is 79.9 cm³/mol. The second-order valence-corrected chi connectivity index (χ2v) is 6.28. The third-order valence-electron chi connectivity index (χ3n) is 3.06. The Balaban J connectivity index is 2.32. The molecule has 0 unspecified atom stereocenters. The standard InChI is InChI=1S/C14H18N2O4S/c1-9-6-11(4-5-13(9)19-3)16-21(17,18)14-7-12(8-15)20-10(14)2/h4-7,16H,8,15H2,1-3H3. The molecule has 0 spiro atoms. The van der Waals surface area contributed by atoms with Gasteiger partial charge in [-0.05, 0) is 37.6 Å². The Hall–Kier alpha value is -1.99. The van der Waals surface area contributed by atoms with Gasteiger partial charge in [0.1, 0.15) is 22.2 Å². The molecule has 1 aromatic carbocycles. The molecule has 1 aromatic heterocycles. The van der Waals surface area contributed by atoms with Crippen molar-refractivity contribution in [3.63, 3.8) is 0 Å². The van der Waals surface area contributed by atoms with E-state index in [1.54, 1.807) is 32.2 Å². The molecule has 0 radical (unpaired) electrons. The van der Waals surface area contributed by atoms with Crippen molar-refractivity contribution >= 4 is 15.7 Å². The van der Waals surface area contributed by atoms with Crippen molar-refractivity contribution in [2.75, 3.05) is 11.8 Å². The van der Waals surface area contributed by atoms with E-state index >= 15 is 0 Å². The summed E-state index contributed by atoms with van der Waals surface area (Å²) in [7, 11) is -2.14. The van der Waals surface area contributed by atoms with Crippen LogP contribution in [-0.2, 0) is 16.6 Å². The lowest BCUT2D eigenvalue weighted by molar-refractivity contribution is 0.412. The summed E-state index contributed by atoms with van der Waals surface area (Å²) in [5, 5.41) is 0. The Labute approximate surface area is 124 Å². The molecule has 3 N–H and O–H groups in total. The highest BCUT2D eigenvalue weighted by Gasteiger charge is 2.21. The summed E-state index contributed by atoms with van der Waals surface area (Å²) in [6.45, 7) is 3.58. The number of furan rings is 1. The summed E-state index contributed by atoms with van der Waals surface area (Å²) in [6, 6.07) is 6.49. The number of methoxy groups -OCH3 is 1. The van der Waals surface area contributed by atoms with Gasteiger partial charge in [-0.25, -0.2) is 8.42 Å². The van der Waals surface area contributed by atoms with Crippen LogP contribution in [0.5, 0.6) is 5.75 Å². The fraction of sp³-hybridized carbons (Fsp3) is 0.286. The molecule has 1 heterocycles. The Morgan fingerprint density at radius 2 is 2.00 bits per heavy atom. The average Bonchev–Trinajstić information content (AvgIpc) is 2.81. The van der Waals surface area contributed by atoms with Crippen LogP contribution in [0.3, 0.4) is 0 Å². The van der Waals surface area contributed by atoms with Crippen LogP contribution >= 0.6 is 0 Å². The van der Waals surface area contributed by atoms with Crippen molar-refractivity contribution in [3.8, 4) is 5.75 Å². The van der Waals surface area contributed by atoms with Crippen LogP contribution in [0.4, 0.5) is 5.69 Å². The highest BCUT2D eigenvalue weighted by Crippen LogP contribution is 2.26. The van der Waals surface area contributed by atoms with E-state index in [9.17, 15) is 8.42 Å². The maximum absolute atomic E-state index is 12.4. The fourth-order valence-corrected chi connectivity index (χ4v) is 3.30. The zero-order valence-electron chi connectivity index (χ0n) is 12.1. The Bertz CT molecular complexity index is 750. The van der Waals surface area contributed by atoms with Crippen molar-refractivity contribution in [2.45, 2.75) is 25.3 Å². The number of hydrogen-bond donors (Lipinski definition) is 2. The average molecular weight is 310 g/mol. The van der Waals surface area contributed by atoms with Gasteiger partial charge in [0.15, 0.2) is 0 Å².